The van der Waals surface area contributed by atoms with Crippen LogP contribution in [0.25, 0.3) is 0 Å². The lowest BCUT2D eigenvalue weighted by atomic mass is 10.2. The number of likely N-dealkylation sites (N-methyl/N-ethyl adjacent to an activating group) is 1. The Morgan fingerprint density at radius 2 is 2.19 bits per heavy atom. The van der Waals surface area contributed by atoms with Gasteiger partial charge >= 0.3 is 5.69 Å². The van der Waals surface area contributed by atoms with Gasteiger partial charge in [-0.3, -0.25) is 14.9 Å². The maximum Gasteiger partial charge on any atom is 0.312 e. The number of amides is 1. The van der Waals surface area contributed by atoms with E-state index in [2.05, 4.69) is 10.3 Å². The molecule has 8 heteroatoms. The van der Waals surface area contributed by atoms with Crippen LogP contribution in [0.1, 0.15) is 26.3 Å². The number of nitriles is 1. The molecule has 1 atom stereocenters. The summed E-state index contributed by atoms with van der Waals surface area (Å²) in [4.78, 5) is 28.0. The molecule has 0 fully saturated rings. The zero-order chi connectivity index (χ0) is 16.0. The fraction of sp³-hybridized carbons (Fsp3) is 0.462. The van der Waals surface area contributed by atoms with E-state index >= 15 is 0 Å². The van der Waals surface area contributed by atoms with Crippen molar-refractivity contribution < 1.29 is 9.72 Å². The van der Waals surface area contributed by atoms with Crippen LogP contribution in [-0.4, -0.2) is 39.8 Å². The fourth-order valence-corrected chi connectivity index (χ4v) is 1.84. The zero-order valence-corrected chi connectivity index (χ0v) is 12.2. The molecule has 0 radical (unpaired) electrons. The van der Waals surface area contributed by atoms with Crippen LogP contribution in [0.5, 0.6) is 0 Å². The number of nitrogens with one attached hydrogen (secondary N) is 1. The van der Waals surface area contributed by atoms with Crippen molar-refractivity contribution in [3.8, 4) is 6.07 Å². The summed E-state index contributed by atoms with van der Waals surface area (Å²) in [5.41, 5.74) is -0.233. The fourth-order valence-electron chi connectivity index (χ4n) is 1.84. The van der Waals surface area contributed by atoms with Crippen LogP contribution < -0.4 is 5.32 Å². The van der Waals surface area contributed by atoms with E-state index in [0.717, 1.165) is 6.07 Å². The molecule has 0 bridgehead atoms. The first kappa shape index (κ1) is 16.4. The Balaban J connectivity index is 3.00. The minimum atomic E-state index is -0.649. The molecular weight excluding hydrogens is 274 g/mol. The smallest absolute Gasteiger partial charge is 0.312 e. The highest BCUT2D eigenvalue weighted by molar-refractivity contribution is 5.84. The molecule has 0 spiro atoms. The van der Waals surface area contributed by atoms with Crippen molar-refractivity contribution in [3.63, 3.8) is 0 Å². The number of anilines is 1. The first-order chi connectivity index (χ1) is 9.94. The molecule has 1 aromatic heterocycles. The largest absolute Gasteiger partial charge is 0.353 e. The highest BCUT2D eigenvalue weighted by atomic mass is 16.6. The monoisotopic (exact) mass is 291 g/mol. The van der Waals surface area contributed by atoms with Crippen molar-refractivity contribution in [2.24, 2.45) is 0 Å². The molecule has 1 amide bonds. The number of carbonyl (C=O) groups excluding carboxylic acids is 1. The third kappa shape index (κ3) is 3.89. The van der Waals surface area contributed by atoms with Gasteiger partial charge in [-0.1, -0.05) is 0 Å². The minimum absolute atomic E-state index is 0.0213. The van der Waals surface area contributed by atoms with Crippen molar-refractivity contribution in [1.82, 2.24) is 9.88 Å². The van der Waals surface area contributed by atoms with Gasteiger partial charge in [-0.2, -0.15) is 5.26 Å². The van der Waals surface area contributed by atoms with Gasteiger partial charge in [-0.15, -0.1) is 0 Å². The summed E-state index contributed by atoms with van der Waals surface area (Å²) < 4.78 is 0. The van der Waals surface area contributed by atoms with Crippen molar-refractivity contribution in [2.75, 3.05) is 18.4 Å². The summed E-state index contributed by atoms with van der Waals surface area (Å²) in [5.74, 6) is -0.188. The molecule has 0 aliphatic rings. The topological polar surface area (TPSA) is 112 Å². The molecule has 1 rings (SSSR count). The van der Waals surface area contributed by atoms with E-state index in [4.69, 9.17) is 5.26 Å². The Kier molecular flexibility index (Phi) is 5.60. The molecule has 0 saturated heterocycles. The zero-order valence-electron chi connectivity index (χ0n) is 12.2. The van der Waals surface area contributed by atoms with Gasteiger partial charge in [0.2, 0.25) is 11.7 Å². The maximum atomic E-state index is 12.1. The van der Waals surface area contributed by atoms with Crippen LogP contribution in [0.2, 0.25) is 0 Å². The van der Waals surface area contributed by atoms with Crippen LogP contribution in [0.3, 0.4) is 0 Å². The van der Waals surface area contributed by atoms with E-state index in [9.17, 15) is 14.9 Å². The maximum absolute atomic E-state index is 12.1. The summed E-state index contributed by atoms with van der Waals surface area (Å²) in [6.45, 7) is 6.45. The van der Waals surface area contributed by atoms with Gasteiger partial charge in [0.1, 0.15) is 12.1 Å². The number of rotatable bonds is 6. The summed E-state index contributed by atoms with van der Waals surface area (Å²) >= 11 is 0. The molecule has 1 aromatic rings. The van der Waals surface area contributed by atoms with Crippen molar-refractivity contribution in [2.45, 2.75) is 26.8 Å². The van der Waals surface area contributed by atoms with Gasteiger partial charge in [0, 0.05) is 25.4 Å². The first-order valence-electron chi connectivity index (χ1n) is 6.54. The van der Waals surface area contributed by atoms with E-state index in [-0.39, 0.29) is 23.0 Å². The van der Waals surface area contributed by atoms with Gasteiger partial charge < -0.3 is 10.2 Å². The predicted octanol–water partition coefficient (Wildman–Crippen LogP) is 1.53. The van der Waals surface area contributed by atoms with Crippen molar-refractivity contribution >= 4 is 17.4 Å². The number of nitrogens with zero attached hydrogens (tertiary/aromatic N) is 4. The van der Waals surface area contributed by atoms with E-state index in [1.165, 1.54) is 6.20 Å². The number of aromatic nitrogens is 1. The van der Waals surface area contributed by atoms with Crippen LogP contribution in [-0.2, 0) is 4.79 Å². The summed E-state index contributed by atoms with van der Waals surface area (Å²) in [5, 5.41) is 22.5. The van der Waals surface area contributed by atoms with Gasteiger partial charge in [0.25, 0.3) is 0 Å². The quantitative estimate of drug-likeness (QED) is 0.628. The molecule has 21 heavy (non-hydrogen) atoms. The second kappa shape index (κ2) is 7.19. The Labute approximate surface area is 122 Å². The van der Waals surface area contributed by atoms with Gasteiger partial charge in [0.05, 0.1) is 10.5 Å². The lowest BCUT2D eigenvalue weighted by Crippen LogP contribution is -2.41. The van der Waals surface area contributed by atoms with Crippen LogP contribution in [0.4, 0.5) is 11.5 Å². The third-order valence-corrected chi connectivity index (χ3v) is 2.99. The molecule has 0 aromatic carbocycles. The molecule has 1 N–H and O–H groups in total. The van der Waals surface area contributed by atoms with E-state index in [1.54, 1.807) is 17.9 Å². The second-order valence-electron chi connectivity index (χ2n) is 4.34. The molecule has 1 heterocycles. The van der Waals surface area contributed by atoms with Crippen LogP contribution in [0, 0.1) is 21.4 Å². The lowest BCUT2D eigenvalue weighted by molar-refractivity contribution is -0.384. The van der Waals surface area contributed by atoms with E-state index in [0.29, 0.717) is 13.1 Å². The SMILES string of the molecule is CCN(CC)C(=O)C(C)Nc1ncc(C#N)cc1[N+](=O)[O-]. The highest BCUT2D eigenvalue weighted by Gasteiger charge is 2.23. The van der Waals surface area contributed by atoms with E-state index < -0.39 is 11.0 Å². The molecule has 0 aliphatic heterocycles. The Hall–Kier alpha value is -2.69. The molecule has 8 nitrogen and oxygen atoms in total. The normalized spacial score (nSPS) is 11.3. The molecule has 112 valence electrons. The molecular formula is C13H17N5O3. The Morgan fingerprint density at radius 3 is 2.67 bits per heavy atom. The van der Waals surface area contributed by atoms with Gasteiger partial charge in [0.15, 0.2) is 0 Å². The lowest BCUT2D eigenvalue weighted by Gasteiger charge is -2.23. The molecule has 0 aliphatic carbocycles. The minimum Gasteiger partial charge on any atom is -0.353 e. The Bertz CT molecular complexity index is 578. The second-order valence-corrected chi connectivity index (χ2v) is 4.34. The van der Waals surface area contributed by atoms with Crippen molar-refractivity contribution in [1.29, 1.82) is 5.26 Å². The van der Waals surface area contributed by atoms with Gasteiger partial charge in [-0.25, -0.2) is 4.98 Å². The number of hydrogen-bond donors (Lipinski definition) is 1. The summed E-state index contributed by atoms with van der Waals surface area (Å²) in [7, 11) is 0. The molecule has 1 unspecified atom stereocenters. The third-order valence-electron chi connectivity index (χ3n) is 2.99. The standard InChI is InChI=1S/C13H17N5O3/c1-4-17(5-2)13(19)9(3)16-12-11(18(20)21)6-10(7-14)8-15-12/h6,8-9H,4-5H2,1-3H3,(H,15,16). The van der Waals surface area contributed by atoms with Crippen LogP contribution in [0.15, 0.2) is 12.3 Å². The van der Waals surface area contributed by atoms with Gasteiger partial charge in [-0.05, 0) is 20.8 Å². The highest BCUT2D eigenvalue weighted by Crippen LogP contribution is 2.23. The summed E-state index contributed by atoms with van der Waals surface area (Å²) in [6.07, 6.45) is 1.23. The predicted molar refractivity (Wildman–Crippen MR) is 76.6 cm³/mol. The Morgan fingerprint density at radius 1 is 1.57 bits per heavy atom. The number of hydrogen-bond acceptors (Lipinski definition) is 6. The van der Waals surface area contributed by atoms with E-state index in [1.807, 2.05) is 13.8 Å². The number of pyridine rings is 1. The van der Waals surface area contributed by atoms with Crippen molar-refractivity contribution in [3.05, 3.63) is 27.9 Å². The number of nitro groups is 1. The summed E-state index contributed by atoms with van der Waals surface area (Å²) in [6, 6.07) is 2.27. The average Bonchev–Trinajstić information content (AvgIpc) is 2.48. The van der Waals surface area contributed by atoms with Crippen LogP contribution >= 0.6 is 0 Å². The average molecular weight is 291 g/mol. The first-order valence-corrected chi connectivity index (χ1v) is 6.54. The molecule has 0 saturated carbocycles. The number of carbonyl (C=O) groups is 1.